The summed E-state index contributed by atoms with van der Waals surface area (Å²) < 4.78 is 10.4. The van der Waals surface area contributed by atoms with Crippen molar-refractivity contribution in [2.45, 2.75) is 12.1 Å². The van der Waals surface area contributed by atoms with Crippen molar-refractivity contribution < 1.29 is 14.3 Å². The van der Waals surface area contributed by atoms with Crippen molar-refractivity contribution in [1.29, 1.82) is 0 Å². The second kappa shape index (κ2) is 9.06. The quantitative estimate of drug-likeness (QED) is 0.450. The molecule has 1 amide bonds. The zero-order chi connectivity index (χ0) is 21.8. The molecule has 1 heterocycles. The van der Waals surface area contributed by atoms with Crippen LogP contribution >= 0.6 is 12.2 Å². The van der Waals surface area contributed by atoms with Gasteiger partial charge in [-0.15, -0.1) is 0 Å². The summed E-state index contributed by atoms with van der Waals surface area (Å²) in [7, 11) is 3.24. The highest BCUT2D eigenvalue weighted by Gasteiger charge is 2.49. The van der Waals surface area contributed by atoms with Crippen molar-refractivity contribution in [2.75, 3.05) is 24.4 Å². The number of β-lactam (4-membered cyclic amide) rings is 1. The third kappa shape index (κ3) is 4.32. The average Bonchev–Trinajstić information content (AvgIpc) is 2.82. The van der Waals surface area contributed by atoms with Crippen molar-refractivity contribution >= 4 is 34.6 Å². The third-order valence-corrected chi connectivity index (χ3v) is 5.44. The predicted octanol–water partition coefficient (Wildman–Crippen LogP) is 4.15. The fraction of sp³-hybridized carbons (Fsp3) is 0.167. The summed E-state index contributed by atoms with van der Waals surface area (Å²) in [5.41, 5.74) is 2.66. The van der Waals surface area contributed by atoms with E-state index in [1.807, 2.05) is 78.9 Å². The van der Waals surface area contributed by atoms with Crippen molar-refractivity contribution in [3.8, 4) is 11.5 Å². The minimum atomic E-state index is -0.470. The summed E-state index contributed by atoms with van der Waals surface area (Å²) in [6.45, 7) is 0. The van der Waals surface area contributed by atoms with Gasteiger partial charge in [0.1, 0.15) is 17.5 Å². The number of ether oxygens (including phenoxy) is 2. The van der Waals surface area contributed by atoms with Gasteiger partial charge in [0.05, 0.1) is 20.3 Å². The van der Waals surface area contributed by atoms with Gasteiger partial charge in [0, 0.05) is 11.4 Å². The second-order valence-electron chi connectivity index (χ2n) is 7.07. The van der Waals surface area contributed by atoms with Crippen molar-refractivity contribution in [3.05, 3.63) is 84.4 Å². The summed E-state index contributed by atoms with van der Waals surface area (Å²) in [4.78, 5) is 14.9. The van der Waals surface area contributed by atoms with Gasteiger partial charge >= 0.3 is 0 Å². The lowest BCUT2D eigenvalue weighted by atomic mass is 9.87. The van der Waals surface area contributed by atoms with E-state index in [0.29, 0.717) is 5.11 Å². The topological polar surface area (TPSA) is 62.8 Å². The maximum absolute atomic E-state index is 13.1. The molecule has 4 rings (SSSR count). The Bertz CT molecular complexity index is 1060. The van der Waals surface area contributed by atoms with Crippen LogP contribution in [-0.4, -0.2) is 31.3 Å². The van der Waals surface area contributed by atoms with E-state index in [2.05, 4.69) is 10.6 Å². The number of carbonyl (C=O) groups is 1. The van der Waals surface area contributed by atoms with E-state index >= 15 is 0 Å². The van der Waals surface area contributed by atoms with E-state index in [-0.39, 0.29) is 11.9 Å². The molecule has 0 saturated carbocycles. The monoisotopic (exact) mass is 433 g/mol. The zero-order valence-electron chi connectivity index (χ0n) is 17.2. The molecule has 2 atom stereocenters. The minimum Gasteiger partial charge on any atom is -0.497 e. The van der Waals surface area contributed by atoms with Crippen molar-refractivity contribution in [3.63, 3.8) is 0 Å². The number of rotatable bonds is 6. The normalized spacial score (nSPS) is 17.5. The number of methoxy groups -OCH3 is 2. The first-order chi connectivity index (χ1) is 15.1. The van der Waals surface area contributed by atoms with Crippen LogP contribution in [0.2, 0.25) is 0 Å². The van der Waals surface area contributed by atoms with Gasteiger partial charge in [0.15, 0.2) is 5.11 Å². The molecule has 0 aliphatic carbocycles. The van der Waals surface area contributed by atoms with Crippen LogP contribution in [-0.2, 0) is 4.79 Å². The molecule has 0 radical (unpaired) electrons. The van der Waals surface area contributed by atoms with E-state index in [4.69, 9.17) is 21.7 Å². The Balaban J connectivity index is 1.53. The fourth-order valence-corrected chi connectivity index (χ4v) is 3.88. The first-order valence-electron chi connectivity index (χ1n) is 9.84. The predicted molar refractivity (Wildman–Crippen MR) is 126 cm³/mol. The molecule has 158 valence electrons. The van der Waals surface area contributed by atoms with Gasteiger partial charge in [0.2, 0.25) is 0 Å². The van der Waals surface area contributed by atoms with Crippen LogP contribution in [0.25, 0.3) is 0 Å². The summed E-state index contributed by atoms with van der Waals surface area (Å²) in [6, 6.07) is 24.2. The van der Waals surface area contributed by atoms with E-state index < -0.39 is 6.04 Å². The molecule has 1 aliphatic heterocycles. The number of carbonyl (C=O) groups excluding carboxylic acids is 1. The maximum atomic E-state index is 13.1. The molecule has 3 aromatic rings. The summed E-state index contributed by atoms with van der Waals surface area (Å²) in [5, 5.41) is 6.71. The van der Waals surface area contributed by atoms with Crippen LogP contribution in [0, 0.1) is 0 Å². The van der Waals surface area contributed by atoms with E-state index in [0.717, 1.165) is 28.4 Å². The largest absolute Gasteiger partial charge is 0.497 e. The molecule has 1 saturated heterocycles. The molecule has 3 aromatic carbocycles. The molecule has 7 heteroatoms. The highest BCUT2D eigenvalue weighted by atomic mass is 32.1. The number of hydrogen-bond acceptors (Lipinski definition) is 4. The van der Waals surface area contributed by atoms with Crippen molar-refractivity contribution in [1.82, 2.24) is 5.32 Å². The molecule has 0 bridgehead atoms. The van der Waals surface area contributed by atoms with Gasteiger partial charge in [0.25, 0.3) is 5.91 Å². The van der Waals surface area contributed by atoms with Crippen LogP contribution in [0.1, 0.15) is 11.6 Å². The number of benzene rings is 3. The van der Waals surface area contributed by atoms with Crippen molar-refractivity contribution in [2.24, 2.45) is 0 Å². The SMILES string of the molecule is COc1ccc(NC(=S)N[C@H]2C(=O)N(c3ccc(OC)cc3)[C@@H]2c2ccccc2)cc1. The number of nitrogens with zero attached hydrogens (tertiary/aromatic N) is 1. The Morgan fingerprint density at radius 1 is 0.871 bits per heavy atom. The van der Waals surface area contributed by atoms with Gasteiger partial charge in [-0.1, -0.05) is 30.3 Å². The van der Waals surface area contributed by atoms with Gasteiger partial charge < -0.3 is 25.0 Å². The van der Waals surface area contributed by atoms with E-state index in [9.17, 15) is 4.79 Å². The van der Waals surface area contributed by atoms with Gasteiger partial charge in [-0.2, -0.15) is 0 Å². The molecular formula is C24H23N3O3S. The highest BCUT2D eigenvalue weighted by Crippen LogP contribution is 2.39. The molecule has 0 unspecified atom stereocenters. The Morgan fingerprint density at radius 3 is 2.03 bits per heavy atom. The first-order valence-corrected chi connectivity index (χ1v) is 10.2. The molecule has 31 heavy (non-hydrogen) atoms. The van der Waals surface area contributed by atoms with Crippen LogP contribution in [0.15, 0.2) is 78.9 Å². The van der Waals surface area contributed by atoms with Crippen LogP contribution in [0.3, 0.4) is 0 Å². The molecule has 0 aromatic heterocycles. The molecule has 6 nitrogen and oxygen atoms in total. The number of anilines is 2. The highest BCUT2D eigenvalue weighted by molar-refractivity contribution is 7.80. The number of amides is 1. The van der Waals surface area contributed by atoms with E-state index in [1.165, 1.54) is 0 Å². The number of hydrogen-bond donors (Lipinski definition) is 2. The standard InChI is InChI=1S/C24H23N3O3S/c1-29-19-12-8-17(9-13-19)25-24(31)26-21-22(16-6-4-3-5-7-16)27(23(21)28)18-10-14-20(30-2)15-11-18/h3-15,21-22H,1-2H3,(H2,25,26,31)/t21-,22-/m1/s1. The summed E-state index contributed by atoms with van der Waals surface area (Å²) >= 11 is 5.48. The van der Waals surface area contributed by atoms with Gasteiger partial charge in [-0.3, -0.25) is 4.79 Å². The maximum Gasteiger partial charge on any atom is 0.252 e. The molecular weight excluding hydrogens is 410 g/mol. The lowest BCUT2D eigenvalue weighted by Crippen LogP contribution is -2.66. The minimum absolute atomic E-state index is 0.0436. The van der Waals surface area contributed by atoms with Crippen LogP contribution < -0.4 is 25.0 Å². The second-order valence-corrected chi connectivity index (χ2v) is 7.47. The Labute approximate surface area is 186 Å². The van der Waals surface area contributed by atoms with E-state index in [1.54, 1.807) is 19.1 Å². The Morgan fingerprint density at radius 2 is 1.45 bits per heavy atom. The Hall–Kier alpha value is -3.58. The zero-order valence-corrected chi connectivity index (χ0v) is 18.1. The molecule has 2 N–H and O–H groups in total. The Kier molecular flexibility index (Phi) is 6.04. The van der Waals surface area contributed by atoms with Gasteiger partial charge in [-0.25, -0.2) is 0 Å². The van der Waals surface area contributed by atoms with Crippen LogP contribution in [0.5, 0.6) is 11.5 Å². The lowest BCUT2D eigenvalue weighted by molar-refractivity contribution is -0.126. The number of thiocarbonyl (C=S) groups is 1. The third-order valence-electron chi connectivity index (χ3n) is 5.22. The lowest BCUT2D eigenvalue weighted by Gasteiger charge is -2.47. The first kappa shape index (κ1) is 20.7. The molecule has 1 aliphatic rings. The fourth-order valence-electron chi connectivity index (χ4n) is 3.63. The summed E-state index contributed by atoms with van der Waals surface area (Å²) in [5.74, 6) is 1.46. The van der Waals surface area contributed by atoms with Crippen LogP contribution in [0.4, 0.5) is 11.4 Å². The molecule has 0 spiro atoms. The van der Waals surface area contributed by atoms with Gasteiger partial charge in [-0.05, 0) is 66.3 Å². The number of nitrogens with one attached hydrogen (secondary N) is 2. The smallest absolute Gasteiger partial charge is 0.252 e. The molecule has 1 fully saturated rings. The average molecular weight is 434 g/mol. The summed E-state index contributed by atoms with van der Waals surface area (Å²) in [6.07, 6.45) is 0.